The normalized spacial score (nSPS) is 17.5. The molecule has 2 aromatic carbocycles. The van der Waals surface area contributed by atoms with Crippen molar-refractivity contribution in [3.63, 3.8) is 0 Å². The lowest BCUT2D eigenvalue weighted by atomic mass is 9.84. The first-order chi connectivity index (χ1) is 22.2. The number of carbonyl (C=O) groups excluding carboxylic acids is 1. The molecule has 3 N–H and O–H groups in total. The van der Waals surface area contributed by atoms with E-state index >= 15 is 0 Å². The third-order valence-electron chi connectivity index (χ3n) is 8.55. The van der Waals surface area contributed by atoms with Crippen LogP contribution in [0.4, 0.5) is 5.82 Å². The van der Waals surface area contributed by atoms with Crippen LogP contribution in [0.2, 0.25) is 0 Å². The quantitative estimate of drug-likeness (QED) is 0.172. The number of ether oxygens (including phenoxy) is 1. The van der Waals surface area contributed by atoms with E-state index < -0.39 is 10.8 Å². The zero-order valence-electron chi connectivity index (χ0n) is 26.3. The highest BCUT2D eigenvalue weighted by Crippen LogP contribution is 2.57. The van der Waals surface area contributed by atoms with Crippen molar-refractivity contribution in [2.75, 3.05) is 11.9 Å². The second-order valence-corrected chi connectivity index (χ2v) is 13.4. The Balaban J connectivity index is 1.39. The Labute approximate surface area is 269 Å². The summed E-state index contributed by atoms with van der Waals surface area (Å²) in [5.41, 5.74) is 6.47. The predicted octanol–water partition coefficient (Wildman–Crippen LogP) is 6.11. The Kier molecular flexibility index (Phi) is 9.00. The molecule has 240 valence electrons. The van der Waals surface area contributed by atoms with Crippen LogP contribution in [-0.4, -0.2) is 61.9 Å². The number of amides is 1. The number of hydrogen-bond donors (Lipinski definition) is 3. The first-order valence-corrected chi connectivity index (χ1v) is 16.8. The molecule has 0 bridgehead atoms. The number of carbonyl (C=O) groups is 1. The van der Waals surface area contributed by atoms with Crippen molar-refractivity contribution >= 4 is 33.5 Å². The fraction of sp³-hybridized carbons (Fsp3) is 0.333. The number of rotatable bonds is 9. The lowest BCUT2D eigenvalue weighted by Gasteiger charge is -2.41. The molecule has 2 atom stereocenters. The third-order valence-corrected chi connectivity index (χ3v) is 10.4. The largest absolute Gasteiger partial charge is 0.472 e. The molecule has 6 rings (SSSR count). The van der Waals surface area contributed by atoms with E-state index in [-0.39, 0.29) is 41.7 Å². The molecular formula is C33H38N8O4S. The van der Waals surface area contributed by atoms with Crippen LogP contribution in [-0.2, 0) is 17.9 Å². The van der Waals surface area contributed by atoms with Crippen LogP contribution < -0.4 is 10.1 Å². The van der Waals surface area contributed by atoms with Gasteiger partial charge in [-0.05, 0) is 79.3 Å². The van der Waals surface area contributed by atoms with Gasteiger partial charge < -0.3 is 10.1 Å². The third kappa shape index (κ3) is 6.18. The molecule has 13 heteroatoms. The van der Waals surface area contributed by atoms with Crippen molar-refractivity contribution in [3.8, 4) is 5.88 Å². The van der Waals surface area contributed by atoms with Crippen LogP contribution in [0.3, 0.4) is 0 Å². The molecule has 0 radical (unpaired) electrons. The molecular weight excluding hydrogens is 604 g/mol. The van der Waals surface area contributed by atoms with E-state index in [1.54, 1.807) is 34.9 Å². The molecule has 0 spiro atoms. The standard InChI is InChI=1S/C33H38N8O4S/c1-5-25-19-40(46(43,44)29-8-7-14-35-33(29)45-25)18-24-16-23(10-9-21(24)3)27(17-31(42)37-30-13-15-34-20-36-30)26-11-12-28-32(22(26)4)38-39-41(28)6-2/h7-16,20,25,27,43-44H,5-6,17-19H2,1-4H3,(H,34,36,37,42). The van der Waals surface area contributed by atoms with E-state index in [2.05, 4.69) is 36.6 Å². The molecule has 0 saturated heterocycles. The summed E-state index contributed by atoms with van der Waals surface area (Å²) in [5, 5.41) is 11.7. The molecule has 12 nitrogen and oxygen atoms in total. The first kappa shape index (κ1) is 31.5. The van der Waals surface area contributed by atoms with E-state index in [4.69, 9.17) is 4.74 Å². The number of anilines is 1. The number of pyridine rings is 1. The van der Waals surface area contributed by atoms with Crippen LogP contribution in [0.15, 0.2) is 72.1 Å². The summed E-state index contributed by atoms with van der Waals surface area (Å²) in [6.45, 7) is 9.31. The van der Waals surface area contributed by atoms with Gasteiger partial charge in [0.25, 0.3) is 0 Å². The molecule has 0 fully saturated rings. The molecule has 46 heavy (non-hydrogen) atoms. The second kappa shape index (κ2) is 13.1. The van der Waals surface area contributed by atoms with E-state index in [0.29, 0.717) is 25.3 Å². The Morgan fingerprint density at radius 2 is 1.96 bits per heavy atom. The van der Waals surface area contributed by atoms with Gasteiger partial charge in [0.2, 0.25) is 11.8 Å². The first-order valence-electron chi connectivity index (χ1n) is 15.3. The van der Waals surface area contributed by atoms with Crippen molar-refractivity contribution in [1.82, 2.24) is 34.3 Å². The lowest BCUT2D eigenvalue weighted by molar-refractivity contribution is -0.116. The summed E-state index contributed by atoms with van der Waals surface area (Å²) in [4.78, 5) is 26.1. The predicted molar refractivity (Wildman–Crippen MR) is 177 cm³/mol. The second-order valence-electron chi connectivity index (χ2n) is 11.4. The zero-order valence-corrected chi connectivity index (χ0v) is 27.1. The molecule has 5 aromatic rings. The van der Waals surface area contributed by atoms with Gasteiger partial charge in [0.05, 0.1) is 12.1 Å². The van der Waals surface area contributed by atoms with Gasteiger partial charge >= 0.3 is 0 Å². The topological polar surface area (TPSA) is 151 Å². The monoisotopic (exact) mass is 642 g/mol. The summed E-state index contributed by atoms with van der Waals surface area (Å²) >= 11 is 0. The molecule has 1 amide bonds. The molecule has 3 aromatic heterocycles. The van der Waals surface area contributed by atoms with Crippen molar-refractivity contribution < 1.29 is 18.6 Å². The number of fused-ring (bicyclic) bond motifs is 2. The molecule has 4 heterocycles. The Morgan fingerprint density at radius 3 is 2.72 bits per heavy atom. The Hall–Kier alpha value is -4.43. The van der Waals surface area contributed by atoms with Gasteiger partial charge in [0, 0.05) is 37.8 Å². The maximum atomic E-state index is 13.5. The summed E-state index contributed by atoms with van der Waals surface area (Å²) in [7, 11) is -3.40. The number of nitrogens with one attached hydrogen (secondary N) is 1. The minimum Gasteiger partial charge on any atom is -0.472 e. The van der Waals surface area contributed by atoms with Gasteiger partial charge in [-0.25, -0.2) is 19.6 Å². The van der Waals surface area contributed by atoms with Crippen molar-refractivity contribution in [3.05, 3.63) is 95.1 Å². The smallest absolute Gasteiger partial charge is 0.239 e. The Morgan fingerprint density at radius 1 is 1.11 bits per heavy atom. The van der Waals surface area contributed by atoms with Gasteiger partial charge in [-0.15, -0.1) is 15.9 Å². The number of aryl methyl sites for hydroxylation is 3. The number of benzene rings is 2. The van der Waals surface area contributed by atoms with E-state index in [1.807, 2.05) is 56.6 Å². The number of aromatic nitrogens is 6. The van der Waals surface area contributed by atoms with Crippen molar-refractivity contribution in [2.45, 2.75) is 70.5 Å². The van der Waals surface area contributed by atoms with Gasteiger partial charge in [-0.3, -0.25) is 13.9 Å². The fourth-order valence-electron chi connectivity index (χ4n) is 5.92. The van der Waals surface area contributed by atoms with E-state index in [9.17, 15) is 13.9 Å². The minimum absolute atomic E-state index is 0.143. The van der Waals surface area contributed by atoms with Crippen LogP contribution in [0.1, 0.15) is 60.4 Å². The van der Waals surface area contributed by atoms with E-state index in [0.717, 1.165) is 38.9 Å². The van der Waals surface area contributed by atoms with Crippen LogP contribution in [0, 0.1) is 13.8 Å². The van der Waals surface area contributed by atoms with E-state index in [1.165, 1.54) is 6.33 Å². The van der Waals surface area contributed by atoms with Gasteiger partial charge in [0.1, 0.15) is 28.7 Å². The molecule has 1 aliphatic heterocycles. The Bertz CT molecular complexity index is 1870. The summed E-state index contributed by atoms with van der Waals surface area (Å²) in [6.07, 6.45) is 5.11. The summed E-state index contributed by atoms with van der Waals surface area (Å²) < 4.78 is 32.8. The van der Waals surface area contributed by atoms with Crippen LogP contribution in [0.5, 0.6) is 5.88 Å². The van der Waals surface area contributed by atoms with Crippen molar-refractivity contribution in [2.24, 2.45) is 0 Å². The highest BCUT2D eigenvalue weighted by atomic mass is 32.3. The molecule has 2 unspecified atom stereocenters. The summed E-state index contributed by atoms with van der Waals surface area (Å²) in [5.74, 6) is 0.146. The zero-order chi connectivity index (χ0) is 32.4. The summed E-state index contributed by atoms with van der Waals surface area (Å²) in [6, 6.07) is 15.2. The number of nitrogens with zero attached hydrogens (tertiary/aromatic N) is 7. The van der Waals surface area contributed by atoms with Gasteiger partial charge in [-0.2, -0.15) is 4.31 Å². The highest BCUT2D eigenvalue weighted by molar-refractivity contribution is 8.22. The van der Waals surface area contributed by atoms with Crippen LogP contribution in [0.25, 0.3) is 11.0 Å². The lowest BCUT2D eigenvalue weighted by Crippen LogP contribution is -2.34. The van der Waals surface area contributed by atoms with Gasteiger partial charge in [-0.1, -0.05) is 36.4 Å². The maximum Gasteiger partial charge on any atom is 0.239 e. The maximum absolute atomic E-state index is 13.5. The average molecular weight is 643 g/mol. The SMILES string of the molecule is CCC1CN(Cc2cc(C(CC(=O)Nc3ccncn3)c3ccc4c(nnn4CC)c3C)ccc2C)S(O)(O)c2cccnc2O1. The minimum atomic E-state index is -3.40. The molecule has 0 saturated carbocycles. The van der Waals surface area contributed by atoms with Crippen molar-refractivity contribution in [1.29, 1.82) is 0 Å². The van der Waals surface area contributed by atoms with Gasteiger partial charge in [0.15, 0.2) is 0 Å². The average Bonchev–Trinajstić information content (AvgIpc) is 3.45. The molecule has 1 aliphatic rings. The van der Waals surface area contributed by atoms with Crippen LogP contribution >= 0.6 is 10.8 Å². The molecule has 0 aliphatic carbocycles. The highest BCUT2D eigenvalue weighted by Gasteiger charge is 2.36. The fourth-order valence-corrected chi connectivity index (χ4v) is 7.49. The number of hydrogen-bond acceptors (Lipinski definition) is 10.